The van der Waals surface area contributed by atoms with Gasteiger partial charge in [0.2, 0.25) is 5.88 Å². The fraction of sp³-hybridized carbons (Fsp3) is 0.500. The summed E-state index contributed by atoms with van der Waals surface area (Å²) in [6, 6.07) is 1.45. The van der Waals surface area contributed by atoms with E-state index in [4.69, 9.17) is 14.6 Å². The van der Waals surface area contributed by atoms with E-state index in [1.54, 1.807) is 0 Å². The van der Waals surface area contributed by atoms with Gasteiger partial charge in [-0.1, -0.05) is 0 Å². The number of hydrogen-bond donors (Lipinski definition) is 1. The van der Waals surface area contributed by atoms with Crippen LogP contribution in [0.2, 0.25) is 0 Å². The lowest BCUT2D eigenvalue weighted by Gasteiger charge is -2.14. The van der Waals surface area contributed by atoms with Crippen LogP contribution in [0.3, 0.4) is 0 Å². The Morgan fingerprint density at radius 2 is 2.25 bits per heavy atom. The summed E-state index contributed by atoms with van der Waals surface area (Å²) in [5.41, 5.74) is -1.60. The van der Waals surface area contributed by atoms with Crippen LogP contribution in [0.4, 0.5) is 13.2 Å². The molecule has 0 saturated carbocycles. The number of alkyl halides is 3. The van der Waals surface area contributed by atoms with Crippen molar-refractivity contribution < 1.29 is 32.5 Å². The molecular weight excluding hydrogens is 279 g/mol. The van der Waals surface area contributed by atoms with Crippen LogP contribution in [0.25, 0.3) is 0 Å². The van der Waals surface area contributed by atoms with Crippen LogP contribution in [0, 0.1) is 0 Å². The number of pyridine rings is 1. The summed E-state index contributed by atoms with van der Waals surface area (Å²) < 4.78 is 48.0. The van der Waals surface area contributed by atoms with Gasteiger partial charge >= 0.3 is 12.1 Å². The van der Waals surface area contributed by atoms with Crippen LogP contribution in [0.5, 0.6) is 5.88 Å². The molecule has 0 aliphatic carbocycles. The Kier molecular flexibility index (Phi) is 4.12. The summed E-state index contributed by atoms with van der Waals surface area (Å²) in [5.74, 6) is -1.93. The molecule has 1 aliphatic heterocycles. The summed E-state index contributed by atoms with van der Waals surface area (Å²) in [6.07, 6.45) is -3.33. The zero-order valence-corrected chi connectivity index (χ0v) is 10.3. The number of carbonyl (C=O) groups is 1. The van der Waals surface area contributed by atoms with Gasteiger partial charge in [0.1, 0.15) is 17.9 Å². The van der Waals surface area contributed by atoms with E-state index in [0.717, 1.165) is 18.9 Å². The second kappa shape index (κ2) is 5.66. The smallest absolute Gasteiger partial charge is 0.433 e. The fourth-order valence-electron chi connectivity index (χ4n) is 1.82. The molecule has 1 atom stereocenters. The second-order valence-electron chi connectivity index (χ2n) is 4.30. The summed E-state index contributed by atoms with van der Waals surface area (Å²) in [7, 11) is 0. The number of rotatable bonds is 4. The highest BCUT2D eigenvalue weighted by molar-refractivity contribution is 5.90. The molecule has 1 aromatic heterocycles. The van der Waals surface area contributed by atoms with Crippen molar-refractivity contribution in [3.8, 4) is 5.88 Å². The number of nitrogens with zero attached hydrogens (tertiary/aromatic N) is 1. The number of hydrogen-bond acceptors (Lipinski definition) is 4. The van der Waals surface area contributed by atoms with Crippen LogP contribution in [0.15, 0.2) is 12.1 Å². The van der Waals surface area contributed by atoms with Crippen molar-refractivity contribution in [3.63, 3.8) is 0 Å². The zero-order chi connectivity index (χ0) is 14.8. The van der Waals surface area contributed by atoms with Gasteiger partial charge in [0, 0.05) is 6.61 Å². The molecule has 1 saturated heterocycles. The summed E-state index contributed by atoms with van der Waals surface area (Å²) in [5, 5.41) is 8.92. The quantitative estimate of drug-likeness (QED) is 0.922. The number of carboxylic acid groups (broad SMARTS) is 1. The Balaban J connectivity index is 2.20. The lowest BCUT2D eigenvalue weighted by atomic mass is 10.2. The molecule has 1 aliphatic rings. The predicted octanol–water partition coefficient (Wildman–Crippen LogP) is 2.36. The molecule has 0 spiro atoms. The van der Waals surface area contributed by atoms with E-state index in [-0.39, 0.29) is 12.7 Å². The van der Waals surface area contributed by atoms with Gasteiger partial charge in [-0.2, -0.15) is 13.2 Å². The summed E-state index contributed by atoms with van der Waals surface area (Å²) in [6.45, 7) is 0.546. The van der Waals surface area contributed by atoms with Gasteiger partial charge in [-0.3, -0.25) is 0 Å². The molecule has 0 aromatic carbocycles. The third kappa shape index (κ3) is 3.38. The minimum absolute atomic E-state index is 0.0193. The predicted molar refractivity (Wildman–Crippen MR) is 60.7 cm³/mol. The lowest BCUT2D eigenvalue weighted by Crippen LogP contribution is -2.19. The van der Waals surface area contributed by atoms with Crippen molar-refractivity contribution in [1.29, 1.82) is 0 Å². The molecule has 1 aromatic rings. The number of aromatic carboxylic acids is 1. The third-order valence-electron chi connectivity index (χ3n) is 2.81. The SMILES string of the molecule is O=C(O)c1ccc(C(F)(F)F)nc1OCC1CCCO1. The first-order valence-electron chi connectivity index (χ1n) is 5.94. The van der Waals surface area contributed by atoms with Crippen LogP contribution < -0.4 is 4.74 Å². The Bertz CT molecular complexity index is 498. The van der Waals surface area contributed by atoms with Gasteiger partial charge in [0.25, 0.3) is 0 Å². The zero-order valence-electron chi connectivity index (χ0n) is 10.3. The maximum absolute atomic E-state index is 12.6. The Morgan fingerprint density at radius 1 is 1.50 bits per heavy atom. The molecule has 1 fully saturated rings. The van der Waals surface area contributed by atoms with E-state index in [1.807, 2.05) is 0 Å². The Hall–Kier alpha value is -1.83. The van der Waals surface area contributed by atoms with Crippen LogP contribution in [0.1, 0.15) is 28.9 Å². The monoisotopic (exact) mass is 291 g/mol. The molecule has 8 heteroatoms. The molecule has 2 rings (SSSR count). The van der Waals surface area contributed by atoms with Crippen LogP contribution in [-0.4, -0.2) is 35.4 Å². The number of halogens is 3. The number of aromatic nitrogens is 1. The molecule has 2 heterocycles. The van der Waals surface area contributed by atoms with Gasteiger partial charge in [-0.25, -0.2) is 9.78 Å². The van der Waals surface area contributed by atoms with E-state index in [1.165, 1.54) is 0 Å². The fourth-order valence-corrected chi connectivity index (χ4v) is 1.82. The largest absolute Gasteiger partial charge is 0.477 e. The molecule has 110 valence electrons. The highest BCUT2D eigenvalue weighted by Crippen LogP contribution is 2.30. The molecule has 20 heavy (non-hydrogen) atoms. The Morgan fingerprint density at radius 3 is 2.80 bits per heavy atom. The summed E-state index contributed by atoms with van der Waals surface area (Å²) >= 11 is 0. The molecule has 1 N–H and O–H groups in total. The average molecular weight is 291 g/mol. The minimum atomic E-state index is -4.65. The first-order valence-corrected chi connectivity index (χ1v) is 5.94. The normalized spacial score (nSPS) is 19.1. The highest BCUT2D eigenvalue weighted by Gasteiger charge is 2.34. The third-order valence-corrected chi connectivity index (χ3v) is 2.81. The molecule has 1 unspecified atom stereocenters. The van der Waals surface area contributed by atoms with Gasteiger partial charge in [-0.15, -0.1) is 0 Å². The van der Waals surface area contributed by atoms with Gasteiger partial charge in [0.05, 0.1) is 6.10 Å². The highest BCUT2D eigenvalue weighted by atomic mass is 19.4. The number of ether oxygens (including phenoxy) is 2. The lowest BCUT2D eigenvalue weighted by molar-refractivity contribution is -0.141. The molecule has 5 nitrogen and oxygen atoms in total. The van der Waals surface area contributed by atoms with Gasteiger partial charge in [-0.05, 0) is 25.0 Å². The molecular formula is C12H12F3NO4. The molecule has 0 bridgehead atoms. The minimum Gasteiger partial charge on any atom is -0.477 e. The maximum atomic E-state index is 12.6. The van der Waals surface area contributed by atoms with E-state index in [0.29, 0.717) is 12.7 Å². The van der Waals surface area contributed by atoms with Gasteiger partial charge in [0.15, 0.2) is 0 Å². The maximum Gasteiger partial charge on any atom is 0.433 e. The number of carboxylic acids is 1. The van der Waals surface area contributed by atoms with Crippen molar-refractivity contribution in [2.24, 2.45) is 0 Å². The first kappa shape index (κ1) is 14.6. The van der Waals surface area contributed by atoms with E-state index < -0.39 is 29.3 Å². The van der Waals surface area contributed by atoms with Crippen molar-refractivity contribution in [3.05, 3.63) is 23.4 Å². The van der Waals surface area contributed by atoms with Crippen molar-refractivity contribution in [2.45, 2.75) is 25.1 Å². The second-order valence-corrected chi connectivity index (χ2v) is 4.30. The standard InChI is InChI=1S/C12H12F3NO4/c13-12(14,15)9-4-3-8(11(17)18)10(16-9)20-6-7-2-1-5-19-7/h3-4,7H,1-2,5-6H2,(H,17,18). The van der Waals surface area contributed by atoms with Crippen molar-refractivity contribution in [2.75, 3.05) is 13.2 Å². The van der Waals surface area contributed by atoms with E-state index in [2.05, 4.69) is 4.98 Å². The average Bonchev–Trinajstić information content (AvgIpc) is 2.87. The molecule has 0 amide bonds. The van der Waals surface area contributed by atoms with E-state index in [9.17, 15) is 18.0 Å². The van der Waals surface area contributed by atoms with Gasteiger partial charge < -0.3 is 14.6 Å². The van der Waals surface area contributed by atoms with Crippen molar-refractivity contribution in [1.82, 2.24) is 4.98 Å². The Labute approximate surface area is 112 Å². The molecule has 0 radical (unpaired) electrons. The van der Waals surface area contributed by atoms with Crippen LogP contribution in [-0.2, 0) is 10.9 Å². The van der Waals surface area contributed by atoms with E-state index >= 15 is 0 Å². The van der Waals surface area contributed by atoms with Crippen molar-refractivity contribution >= 4 is 5.97 Å². The van der Waals surface area contributed by atoms with Crippen LogP contribution >= 0.6 is 0 Å². The topological polar surface area (TPSA) is 68.7 Å². The first-order chi connectivity index (χ1) is 9.38. The summed E-state index contributed by atoms with van der Waals surface area (Å²) in [4.78, 5) is 14.2.